The molecule has 2 N–H and O–H groups in total. The maximum Gasteiger partial charge on any atom is 0.182 e. The molecule has 1 atom stereocenters. The highest BCUT2D eigenvalue weighted by Crippen LogP contribution is 2.29. The molecule has 0 fully saturated rings. The smallest absolute Gasteiger partial charge is 0.182 e. The quantitative estimate of drug-likeness (QED) is 0.782. The summed E-state index contributed by atoms with van der Waals surface area (Å²) >= 11 is 5.98. The number of aromatic nitrogens is 4. The molecule has 0 bridgehead atoms. The average molecular weight is 308 g/mol. The lowest BCUT2D eigenvalue weighted by molar-refractivity contribution is 0.380. The standard InChI is InChI=1S/C15H22ClN5/c1-3-5-7-12(6-4-2)21-15(18-19-20-21)11-8-9-13(16)14(17)10-11/h8-10,12H,3-7,17H2,1-2H3. The lowest BCUT2D eigenvalue weighted by atomic mass is 10.0. The van der Waals surface area contributed by atoms with Gasteiger partial charge in [-0.1, -0.05) is 44.7 Å². The van der Waals surface area contributed by atoms with Gasteiger partial charge in [-0.15, -0.1) is 5.10 Å². The van der Waals surface area contributed by atoms with Crippen molar-refractivity contribution in [2.75, 3.05) is 5.73 Å². The van der Waals surface area contributed by atoms with Crippen LogP contribution in [0.4, 0.5) is 5.69 Å². The molecular formula is C15H22ClN5. The molecule has 0 spiro atoms. The molecular weight excluding hydrogens is 286 g/mol. The number of anilines is 1. The van der Waals surface area contributed by atoms with Crippen molar-refractivity contribution in [3.8, 4) is 11.4 Å². The molecule has 0 aliphatic carbocycles. The maximum atomic E-state index is 5.98. The third kappa shape index (κ3) is 3.73. The van der Waals surface area contributed by atoms with Crippen LogP contribution in [0.1, 0.15) is 52.0 Å². The molecule has 1 aromatic heterocycles. The molecule has 0 radical (unpaired) electrons. The van der Waals surface area contributed by atoms with Crippen molar-refractivity contribution in [2.24, 2.45) is 0 Å². The summed E-state index contributed by atoms with van der Waals surface area (Å²) in [6, 6.07) is 5.85. The Kier molecular flexibility index (Phi) is 5.56. The summed E-state index contributed by atoms with van der Waals surface area (Å²) in [5.74, 6) is 0.757. The molecule has 0 amide bonds. The van der Waals surface area contributed by atoms with E-state index in [9.17, 15) is 0 Å². The van der Waals surface area contributed by atoms with Gasteiger partial charge in [-0.25, -0.2) is 4.68 Å². The SMILES string of the molecule is CCCCC(CCC)n1nnnc1-c1ccc(Cl)c(N)c1. The predicted molar refractivity (Wildman–Crippen MR) is 86.1 cm³/mol. The number of halogens is 1. The molecule has 5 nitrogen and oxygen atoms in total. The van der Waals surface area contributed by atoms with Gasteiger partial charge in [0, 0.05) is 5.56 Å². The number of unbranched alkanes of at least 4 members (excludes halogenated alkanes) is 1. The van der Waals surface area contributed by atoms with Gasteiger partial charge in [0.25, 0.3) is 0 Å². The molecule has 6 heteroatoms. The Hall–Kier alpha value is -1.62. The highest BCUT2D eigenvalue weighted by Gasteiger charge is 2.18. The Balaban J connectivity index is 2.33. The van der Waals surface area contributed by atoms with Crippen LogP contribution >= 0.6 is 11.6 Å². The maximum absolute atomic E-state index is 5.98. The van der Waals surface area contributed by atoms with E-state index in [4.69, 9.17) is 17.3 Å². The topological polar surface area (TPSA) is 69.6 Å². The van der Waals surface area contributed by atoms with Crippen LogP contribution in [0, 0.1) is 0 Å². The van der Waals surface area contributed by atoms with Crippen molar-refractivity contribution in [3.05, 3.63) is 23.2 Å². The minimum atomic E-state index is 0.330. The number of nitrogens with zero attached hydrogens (tertiary/aromatic N) is 4. The summed E-state index contributed by atoms with van der Waals surface area (Å²) < 4.78 is 1.93. The first-order valence-electron chi connectivity index (χ1n) is 7.50. The van der Waals surface area contributed by atoms with Crippen molar-refractivity contribution in [1.82, 2.24) is 20.2 Å². The molecule has 1 unspecified atom stereocenters. The van der Waals surface area contributed by atoms with E-state index >= 15 is 0 Å². The van der Waals surface area contributed by atoms with Gasteiger partial charge in [0.05, 0.1) is 16.8 Å². The molecule has 0 saturated carbocycles. The second kappa shape index (κ2) is 7.41. The van der Waals surface area contributed by atoms with Gasteiger partial charge >= 0.3 is 0 Å². The average Bonchev–Trinajstić information content (AvgIpc) is 2.95. The summed E-state index contributed by atoms with van der Waals surface area (Å²) in [4.78, 5) is 0. The van der Waals surface area contributed by atoms with Crippen LogP contribution in [0.3, 0.4) is 0 Å². The number of nitrogen functional groups attached to an aromatic ring is 1. The summed E-state index contributed by atoms with van der Waals surface area (Å²) in [5, 5.41) is 12.8. The van der Waals surface area contributed by atoms with Crippen molar-refractivity contribution in [2.45, 2.75) is 52.0 Å². The fraction of sp³-hybridized carbons (Fsp3) is 0.533. The first-order chi connectivity index (χ1) is 10.2. The van der Waals surface area contributed by atoms with Gasteiger partial charge in [-0.05, 0) is 41.5 Å². The third-order valence-corrected chi connectivity index (χ3v) is 3.95. The number of tetrazole rings is 1. The van der Waals surface area contributed by atoms with Crippen LogP contribution in [0.2, 0.25) is 5.02 Å². The zero-order valence-electron chi connectivity index (χ0n) is 12.6. The van der Waals surface area contributed by atoms with Gasteiger partial charge in [0.2, 0.25) is 0 Å². The second-order valence-electron chi connectivity index (χ2n) is 5.27. The van der Waals surface area contributed by atoms with Crippen molar-refractivity contribution < 1.29 is 0 Å². The van der Waals surface area contributed by atoms with Crippen LogP contribution in [-0.2, 0) is 0 Å². The molecule has 0 aliphatic rings. The van der Waals surface area contributed by atoms with Crippen LogP contribution in [0.5, 0.6) is 0 Å². The molecule has 114 valence electrons. The lowest BCUT2D eigenvalue weighted by Gasteiger charge is -2.17. The minimum Gasteiger partial charge on any atom is -0.398 e. The zero-order valence-corrected chi connectivity index (χ0v) is 13.3. The molecule has 1 aromatic carbocycles. The van der Waals surface area contributed by atoms with Crippen LogP contribution in [0.15, 0.2) is 18.2 Å². The van der Waals surface area contributed by atoms with Crippen LogP contribution in [0.25, 0.3) is 11.4 Å². The molecule has 0 saturated heterocycles. The van der Waals surface area contributed by atoms with Gasteiger partial charge in [-0.2, -0.15) is 0 Å². The van der Waals surface area contributed by atoms with Crippen LogP contribution in [-0.4, -0.2) is 20.2 Å². The Morgan fingerprint density at radius 1 is 1.24 bits per heavy atom. The summed E-state index contributed by atoms with van der Waals surface area (Å²) in [7, 11) is 0. The van der Waals surface area contributed by atoms with Crippen LogP contribution < -0.4 is 5.73 Å². The Bertz CT molecular complexity index is 581. The molecule has 2 aromatic rings. The van der Waals surface area contributed by atoms with Gasteiger partial charge in [0.1, 0.15) is 0 Å². The normalized spacial score (nSPS) is 12.5. The predicted octanol–water partition coefficient (Wildman–Crippen LogP) is 4.11. The first kappa shape index (κ1) is 15.8. The lowest BCUT2D eigenvalue weighted by Crippen LogP contribution is -2.12. The van der Waals surface area contributed by atoms with E-state index in [2.05, 4.69) is 29.4 Å². The van der Waals surface area contributed by atoms with E-state index < -0.39 is 0 Å². The number of hydrogen-bond donors (Lipinski definition) is 1. The number of hydrogen-bond acceptors (Lipinski definition) is 4. The Labute approximate surface area is 130 Å². The van der Waals surface area contributed by atoms with E-state index in [-0.39, 0.29) is 0 Å². The monoisotopic (exact) mass is 307 g/mol. The van der Waals surface area contributed by atoms with E-state index in [0.29, 0.717) is 16.8 Å². The first-order valence-corrected chi connectivity index (χ1v) is 7.88. The van der Waals surface area contributed by atoms with Crippen molar-refractivity contribution in [3.63, 3.8) is 0 Å². The molecule has 21 heavy (non-hydrogen) atoms. The highest BCUT2D eigenvalue weighted by molar-refractivity contribution is 6.33. The Morgan fingerprint density at radius 3 is 2.71 bits per heavy atom. The number of rotatable bonds is 7. The van der Waals surface area contributed by atoms with Crippen molar-refractivity contribution >= 4 is 17.3 Å². The molecule has 0 aliphatic heterocycles. The van der Waals surface area contributed by atoms with Gasteiger partial charge in [-0.3, -0.25) is 0 Å². The minimum absolute atomic E-state index is 0.330. The van der Waals surface area contributed by atoms with E-state index in [1.807, 2.05) is 16.8 Å². The fourth-order valence-electron chi connectivity index (χ4n) is 2.47. The van der Waals surface area contributed by atoms with E-state index in [1.165, 1.54) is 12.8 Å². The second-order valence-corrected chi connectivity index (χ2v) is 5.68. The number of benzene rings is 1. The van der Waals surface area contributed by atoms with Gasteiger partial charge < -0.3 is 5.73 Å². The zero-order chi connectivity index (χ0) is 15.2. The summed E-state index contributed by atoms with van der Waals surface area (Å²) in [6.45, 7) is 4.38. The number of nitrogens with two attached hydrogens (primary N) is 1. The summed E-state index contributed by atoms with van der Waals surface area (Å²) in [5.41, 5.74) is 7.33. The fourth-order valence-corrected chi connectivity index (χ4v) is 2.59. The summed E-state index contributed by atoms with van der Waals surface area (Å²) in [6.07, 6.45) is 5.61. The third-order valence-electron chi connectivity index (χ3n) is 3.61. The Morgan fingerprint density at radius 2 is 2.05 bits per heavy atom. The van der Waals surface area contributed by atoms with E-state index in [1.54, 1.807) is 6.07 Å². The van der Waals surface area contributed by atoms with E-state index in [0.717, 1.165) is 30.7 Å². The largest absolute Gasteiger partial charge is 0.398 e. The molecule has 1 heterocycles. The van der Waals surface area contributed by atoms with Crippen molar-refractivity contribution in [1.29, 1.82) is 0 Å². The molecule has 2 rings (SSSR count). The van der Waals surface area contributed by atoms with Gasteiger partial charge in [0.15, 0.2) is 5.82 Å². The highest BCUT2D eigenvalue weighted by atomic mass is 35.5.